The molecule has 2 atom stereocenters. The van der Waals surface area contributed by atoms with Gasteiger partial charge in [0.25, 0.3) is 0 Å². The first-order valence-corrected chi connectivity index (χ1v) is 10.7. The molecule has 4 rings (SSSR count). The van der Waals surface area contributed by atoms with E-state index in [4.69, 9.17) is 5.73 Å². The lowest BCUT2D eigenvalue weighted by Crippen LogP contribution is -2.46. The van der Waals surface area contributed by atoms with Gasteiger partial charge in [-0.25, -0.2) is 5.01 Å². The summed E-state index contributed by atoms with van der Waals surface area (Å²) in [6, 6.07) is 20.7. The zero-order chi connectivity index (χ0) is 22.1. The van der Waals surface area contributed by atoms with Crippen LogP contribution in [-0.2, 0) is 11.2 Å². The Hall–Kier alpha value is -3.36. The number of hydrazine groups is 1. The predicted octanol–water partition coefficient (Wildman–Crippen LogP) is 4.22. The highest BCUT2D eigenvalue weighted by Gasteiger charge is 2.43. The van der Waals surface area contributed by atoms with Crippen molar-refractivity contribution in [3.05, 3.63) is 94.0 Å². The second kappa shape index (κ2) is 8.41. The molecule has 0 saturated heterocycles. The summed E-state index contributed by atoms with van der Waals surface area (Å²) in [7, 11) is 3.78. The van der Waals surface area contributed by atoms with Crippen LogP contribution in [0.1, 0.15) is 48.3 Å². The Labute approximate surface area is 184 Å². The number of rotatable bonds is 4. The third kappa shape index (κ3) is 3.64. The molecule has 5 heteroatoms. The van der Waals surface area contributed by atoms with E-state index in [1.807, 2.05) is 54.4 Å². The number of aryl methyl sites for hydroxylation is 1. The summed E-state index contributed by atoms with van der Waals surface area (Å²) in [5, 5.41) is 13.7. The van der Waals surface area contributed by atoms with Crippen LogP contribution in [0.25, 0.3) is 0 Å². The van der Waals surface area contributed by atoms with E-state index in [9.17, 15) is 10.1 Å². The fourth-order valence-corrected chi connectivity index (χ4v) is 4.81. The summed E-state index contributed by atoms with van der Waals surface area (Å²) in [6.07, 6.45) is 2.08. The van der Waals surface area contributed by atoms with E-state index < -0.39 is 5.92 Å². The molecule has 2 aliphatic rings. The van der Waals surface area contributed by atoms with E-state index in [0.29, 0.717) is 29.8 Å². The normalized spacial score (nSPS) is 21.4. The van der Waals surface area contributed by atoms with Gasteiger partial charge >= 0.3 is 0 Å². The highest BCUT2D eigenvalue weighted by atomic mass is 16.1. The minimum Gasteiger partial charge on any atom is -0.383 e. The molecular formula is C26H28N4O. The summed E-state index contributed by atoms with van der Waals surface area (Å²) >= 11 is 0. The smallest absolute Gasteiger partial charge is 0.162 e. The number of nitriles is 1. The van der Waals surface area contributed by atoms with Gasteiger partial charge in [0.15, 0.2) is 5.78 Å². The summed E-state index contributed by atoms with van der Waals surface area (Å²) in [4.78, 5) is 13.6. The lowest BCUT2D eigenvalue weighted by molar-refractivity contribution is -0.117. The molecule has 0 bridgehead atoms. The summed E-state index contributed by atoms with van der Waals surface area (Å²) < 4.78 is 0. The number of carbonyl (C=O) groups is 1. The Morgan fingerprint density at radius 1 is 1.06 bits per heavy atom. The molecular weight excluding hydrogens is 384 g/mol. The molecule has 5 nitrogen and oxygen atoms in total. The molecule has 0 radical (unpaired) electrons. The van der Waals surface area contributed by atoms with Crippen molar-refractivity contribution in [3.8, 4) is 6.07 Å². The number of benzene rings is 2. The number of nitrogens with zero attached hydrogens (tertiary/aromatic N) is 3. The van der Waals surface area contributed by atoms with Crippen molar-refractivity contribution in [3.63, 3.8) is 0 Å². The van der Waals surface area contributed by atoms with Crippen LogP contribution in [0.2, 0.25) is 0 Å². The van der Waals surface area contributed by atoms with Crippen LogP contribution in [0.3, 0.4) is 0 Å². The number of nitrogens with two attached hydrogens (primary N) is 1. The Kier molecular flexibility index (Phi) is 5.67. The second-order valence-corrected chi connectivity index (χ2v) is 8.40. The molecule has 0 saturated carbocycles. The number of Topliss-reactive ketones (excluding diaryl/α,β-unsaturated/α-hetero) is 1. The topological polar surface area (TPSA) is 73.4 Å². The lowest BCUT2D eigenvalue weighted by atomic mass is 9.72. The molecule has 2 aromatic rings. The van der Waals surface area contributed by atoms with Gasteiger partial charge in [-0.3, -0.25) is 9.80 Å². The van der Waals surface area contributed by atoms with Crippen LogP contribution in [0.15, 0.2) is 77.3 Å². The molecule has 0 amide bonds. The molecule has 31 heavy (non-hydrogen) atoms. The first-order chi connectivity index (χ1) is 15.0. The SMILES string of the molecule is CCc1ccc([C@@H]2C(C#N)=C(N)N(N(C)C)C3=C2C(=O)C[C@@H](c2ccccc2)C3)cc1. The Morgan fingerprint density at radius 2 is 1.74 bits per heavy atom. The molecule has 1 aliphatic carbocycles. The molecule has 2 N–H and O–H groups in total. The quantitative estimate of drug-likeness (QED) is 0.814. The maximum absolute atomic E-state index is 13.6. The lowest BCUT2D eigenvalue weighted by Gasteiger charge is -2.43. The fourth-order valence-electron chi connectivity index (χ4n) is 4.81. The van der Waals surface area contributed by atoms with E-state index in [0.717, 1.165) is 23.2 Å². The van der Waals surface area contributed by atoms with Gasteiger partial charge in [0.1, 0.15) is 5.82 Å². The zero-order valence-corrected chi connectivity index (χ0v) is 18.3. The van der Waals surface area contributed by atoms with E-state index in [2.05, 4.69) is 37.3 Å². The van der Waals surface area contributed by atoms with Crippen LogP contribution < -0.4 is 5.73 Å². The van der Waals surface area contributed by atoms with Gasteiger partial charge < -0.3 is 5.73 Å². The predicted molar refractivity (Wildman–Crippen MR) is 121 cm³/mol. The van der Waals surface area contributed by atoms with Gasteiger partial charge in [-0.15, -0.1) is 0 Å². The molecule has 0 spiro atoms. The van der Waals surface area contributed by atoms with Gasteiger partial charge in [-0.1, -0.05) is 61.5 Å². The Bertz CT molecular complexity index is 1090. The minimum atomic E-state index is -0.425. The third-order valence-electron chi connectivity index (χ3n) is 6.33. The maximum atomic E-state index is 13.6. The zero-order valence-electron chi connectivity index (χ0n) is 18.3. The molecule has 0 aromatic heterocycles. The minimum absolute atomic E-state index is 0.0896. The first-order valence-electron chi connectivity index (χ1n) is 10.7. The molecule has 2 aromatic carbocycles. The Morgan fingerprint density at radius 3 is 2.32 bits per heavy atom. The van der Waals surface area contributed by atoms with Gasteiger partial charge in [0, 0.05) is 31.8 Å². The molecule has 1 aliphatic heterocycles. The van der Waals surface area contributed by atoms with Crippen LogP contribution >= 0.6 is 0 Å². The van der Waals surface area contributed by atoms with Crippen molar-refractivity contribution in [2.45, 2.75) is 38.0 Å². The van der Waals surface area contributed by atoms with Crippen molar-refractivity contribution in [1.82, 2.24) is 10.0 Å². The van der Waals surface area contributed by atoms with E-state index in [-0.39, 0.29) is 11.7 Å². The van der Waals surface area contributed by atoms with E-state index in [1.54, 1.807) is 0 Å². The van der Waals surface area contributed by atoms with Crippen LogP contribution in [0.4, 0.5) is 0 Å². The second-order valence-electron chi connectivity index (χ2n) is 8.40. The highest BCUT2D eigenvalue weighted by Crippen LogP contribution is 2.48. The molecule has 0 fully saturated rings. The number of carbonyl (C=O) groups excluding carboxylic acids is 1. The van der Waals surface area contributed by atoms with Crippen molar-refractivity contribution < 1.29 is 4.79 Å². The maximum Gasteiger partial charge on any atom is 0.162 e. The number of hydrogen-bond acceptors (Lipinski definition) is 5. The van der Waals surface area contributed by atoms with Gasteiger partial charge in [0.05, 0.1) is 17.6 Å². The monoisotopic (exact) mass is 412 g/mol. The van der Waals surface area contributed by atoms with Crippen molar-refractivity contribution in [2.75, 3.05) is 14.1 Å². The van der Waals surface area contributed by atoms with Crippen LogP contribution in [0, 0.1) is 11.3 Å². The van der Waals surface area contributed by atoms with Gasteiger partial charge in [-0.2, -0.15) is 5.26 Å². The standard InChI is InChI=1S/C26H28N4O/c1-4-17-10-12-19(13-11-17)24-21(16-27)26(28)30(29(2)3)22-14-20(15-23(31)25(22)24)18-8-6-5-7-9-18/h5-13,20,24H,4,14-15,28H2,1-3H3/t20-,24+/m0/s1. The largest absolute Gasteiger partial charge is 0.383 e. The van der Waals surface area contributed by atoms with Crippen molar-refractivity contribution in [2.24, 2.45) is 5.73 Å². The summed E-state index contributed by atoms with van der Waals surface area (Å²) in [5.41, 5.74) is 11.9. The average Bonchev–Trinajstić information content (AvgIpc) is 2.78. The highest BCUT2D eigenvalue weighted by molar-refractivity contribution is 6.00. The number of ketones is 1. The number of hydrogen-bond donors (Lipinski definition) is 1. The van der Waals surface area contributed by atoms with Crippen LogP contribution in [0.5, 0.6) is 0 Å². The summed E-state index contributed by atoms with van der Waals surface area (Å²) in [5.74, 6) is 0.157. The van der Waals surface area contributed by atoms with E-state index in [1.165, 1.54) is 5.56 Å². The Balaban J connectivity index is 1.87. The molecule has 0 unspecified atom stereocenters. The number of allylic oxidation sites excluding steroid dienone is 3. The third-order valence-corrected chi connectivity index (χ3v) is 6.33. The molecule has 1 heterocycles. The van der Waals surface area contributed by atoms with Crippen molar-refractivity contribution in [1.29, 1.82) is 5.26 Å². The summed E-state index contributed by atoms with van der Waals surface area (Å²) in [6.45, 7) is 2.11. The first kappa shape index (κ1) is 20.9. The van der Waals surface area contributed by atoms with Gasteiger partial charge in [0.2, 0.25) is 0 Å². The average molecular weight is 413 g/mol. The van der Waals surface area contributed by atoms with Crippen molar-refractivity contribution >= 4 is 5.78 Å². The fraction of sp³-hybridized carbons (Fsp3) is 0.308. The molecule has 158 valence electrons. The van der Waals surface area contributed by atoms with Crippen LogP contribution in [-0.4, -0.2) is 29.9 Å². The van der Waals surface area contributed by atoms with E-state index >= 15 is 0 Å². The van der Waals surface area contributed by atoms with Gasteiger partial charge in [-0.05, 0) is 35.4 Å².